The van der Waals surface area contributed by atoms with Crippen LogP contribution in [0.1, 0.15) is 31.8 Å². The molecule has 32 heavy (non-hydrogen) atoms. The zero-order valence-corrected chi connectivity index (χ0v) is 18.1. The lowest BCUT2D eigenvalue weighted by Crippen LogP contribution is -2.50. The van der Waals surface area contributed by atoms with Crippen LogP contribution < -0.4 is 10.6 Å². The maximum Gasteiger partial charge on any atom is 0.254 e. The second-order valence-corrected chi connectivity index (χ2v) is 8.36. The number of aliphatic hydroxyl groups is 1. The highest BCUT2D eigenvalue weighted by atomic mass is 16.3. The van der Waals surface area contributed by atoms with Gasteiger partial charge in [0.15, 0.2) is 0 Å². The van der Waals surface area contributed by atoms with Crippen LogP contribution >= 0.6 is 0 Å². The van der Waals surface area contributed by atoms with Gasteiger partial charge in [-0.15, -0.1) is 0 Å². The van der Waals surface area contributed by atoms with Crippen LogP contribution in [-0.2, 0) is 17.8 Å². The maximum absolute atomic E-state index is 12.6. The number of benzene rings is 2. The predicted molar refractivity (Wildman–Crippen MR) is 119 cm³/mol. The third-order valence-corrected chi connectivity index (χ3v) is 6.19. The van der Waals surface area contributed by atoms with Gasteiger partial charge in [-0.2, -0.15) is 0 Å². The van der Waals surface area contributed by atoms with Crippen LogP contribution in [0.3, 0.4) is 0 Å². The summed E-state index contributed by atoms with van der Waals surface area (Å²) in [5.74, 6) is -0.624. The number of aliphatic hydroxyl groups excluding tert-OH is 1. The van der Waals surface area contributed by atoms with Crippen molar-refractivity contribution in [2.24, 2.45) is 0 Å². The summed E-state index contributed by atoms with van der Waals surface area (Å²) in [4.78, 5) is 40.1. The molecule has 2 aromatic rings. The lowest BCUT2D eigenvalue weighted by atomic mass is 9.93. The minimum atomic E-state index is -0.720. The molecule has 0 aromatic heterocycles. The van der Waals surface area contributed by atoms with Gasteiger partial charge in [0.25, 0.3) is 11.8 Å². The van der Waals surface area contributed by atoms with E-state index in [2.05, 4.69) is 22.8 Å². The Morgan fingerprint density at radius 2 is 1.78 bits per heavy atom. The Hall–Kier alpha value is -3.23. The molecule has 2 heterocycles. The van der Waals surface area contributed by atoms with Crippen LogP contribution in [0.4, 0.5) is 0 Å². The quantitative estimate of drug-likeness (QED) is 0.630. The molecule has 3 amide bonds. The molecule has 2 aromatic carbocycles. The van der Waals surface area contributed by atoms with E-state index in [1.807, 2.05) is 12.1 Å². The minimum absolute atomic E-state index is 0.0646. The van der Waals surface area contributed by atoms with Crippen molar-refractivity contribution in [2.75, 3.05) is 33.2 Å². The van der Waals surface area contributed by atoms with E-state index in [-0.39, 0.29) is 36.9 Å². The molecule has 8 heteroatoms. The molecular formula is C24H28N4O4. The molecule has 1 fully saturated rings. The largest absolute Gasteiger partial charge is 0.390 e. The number of amides is 3. The summed E-state index contributed by atoms with van der Waals surface area (Å²) in [6.45, 7) is 1.88. The van der Waals surface area contributed by atoms with E-state index in [1.54, 1.807) is 36.2 Å². The molecule has 0 aliphatic carbocycles. The first-order valence-electron chi connectivity index (χ1n) is 10.8. The number of nitrogens with one attached hydrogen (secondary N) is 2. The van der Waals surface area contributed by atoms with Gasteiger partial charge in [-0.25, -0.2) is 0 Å². The summed E-state index contributed by atoms with van der Waals surface area (Å²) in [6.07, 6.45) is -0.0124. The van der Waals surface area contributed by atoms with Crippen molar-refractivity contribution in [3.63, 3.8) is 0 Å². The second kappa shape index (κ2) is 9.50. The number of carbonyl (C=O) groups excluding carboxylic acids is 3. The van der Waals surface area contributed by atoms with Gasteiger partial charge in [0, 0.05) is 50.4 Å². The zero-order valence-electron chi connectivity index (χ0n) is 18.1. The third-order valence-electron chi connectivity index (χ3n) is 6.19. The number of carbonyl (C=O) groups is 3. The van der Waals surface area contributed by atoms with Crippen molar-refractivity contribution in [2.45, 2.75) is 25.1 Å². The van der Waals surface area contributed by atoms with Crippen LogP contribution in [0.15, 0.2) is 48.5 Å². The molecule has 3 N–H and O–H groups in total. The smallest absolute Gasteiger partial charge is 0.254 e. The Labute approximate surface area is 187 Å². The van der Waals surface area contributed by atoms with Crippen molar-refractivity contribution < 1.29 is 19.5 Å². The average Bonchev–Trinajstić information content (AvgIpc) is 2.83. The standard InChI is InChI=1S/C24H28N4O4/c1-27-10-11-28(15-22(27)30)24(32)17-8-6-16(7-9-17)23(31)26-14-21(29)20-12-18-4-2-3-5-19(18)13-25-20/h2-9,20-21,25,29H,10-15H2,1H3,(H,26,31). The fraction of sp³-hybridized carbons (Fsp3) is 0.375. The van der Waals surface area contributed by atoms with E-state index in [9.17, 15) is 19.5 Å². The van der Waals surface area contributed by atoms with Gasteiger partial charge < -0.3 is 25.5 Å². The molecule has 0 radical (unpaired) electrons. The van der Waals surface area contributed by atoms with Crippen LogP contribution in [0.5, 0.6) is 0 Å². The number of hydrogen-bond donors (Lipinski definition) is 3. The molecule has 2 aliphatic heterocycles. The van der Waals surface area contributed by atoms with Gasteiger partial charge >= 0.3 is 0 Å². The minimum Gasteiger partial charge on any atom is -0.390 e. The molecule has 1 saturated heterocycles. The summed E-state index contributed by atoms with van der Waals surface area (Å²) in [5, 5.41) is 16.6. The Morgan fingerprint density at radius 1 is 1.09 bits per heavy atom. The van der Waals surface area contributed by atoms with Gasteiger partial charge in [0.2, 0.25) is 5.91 Å². The van der Waals surface area contributed by atoms with Crippen molar-refractivity contribution in [3.8, 4) is 0 Å². The Balaban J connectivity index is 1.29. The number of rotatable bonds is 5. The normalized spacial score (nSPS) is 19.3. The van der Waals surface area contributed by atoms with E-state index in [0.29, 0.717) is 37.2 Å². The summed E-state index contributed by atoms with van der Waals surface area (Å²) < 4.78 is 0. The molecule has 168 valence electrons. The van der Waals surface area contributed by atoms with E-state index < -0.39 is 6.10 Å². The van der Waals surface area contributed by atoms with E-state index >= 15 is 0 Å². The molecule has 8 nitrogen and oxygen atoms in total. The van der Waals surface area contributed by atoms with E-state index in [0.717, 1.165) is 0 Å². The molecule has 2 atom stereocenters. The number of likely N-dealkylation sites (N-methyl/N-ethyl adjacent to an activating group) is 1. The summed E-state index contributed by atoms with van der Waals surface area (Å²) in [7, 11) is 1.72. The van der Waals surface area contributed by atoms with Crippen molar-refractivity contribution in [1.29, 1.82) is 0 Å². The first-order valence-corrected chi connectivity index (χ1v) is 10.8. The van der Waals surface area contributed by atoms with E-state index in [4.69, 9.17) is 0 Å². The van der Waals surface area contributed by atoms with Crippen LogP contribution in [-0.4, -0.2) is 78.0 Å². The second-order valence-electron chi connectivity index (χ2n) is 8.36. The predicted octanol–water partition coefficient (Wildman–Crippen LogP) is 0.406. The molecule has 4 rings (SSSR count). The highest BCUT2D eigenvalue weighted by molar-refractivity contribution is 5.99. The topological polar surface area (TPSA) is 102 Å². The van der Waals surface area contributed by atoms with Gasteiger partial charge in [-0.3, -0.25) is 14.4 Å². The Kier molecular flexibility index (Phi) is 6.53. The van der Waals surface area contributed by atoms with E-state index in [1.165, 1.54) is 16.0 Å². The highest BCUT2D eigenvalue weighted by Crippen LogP contribution is 2.18. The van der Waals surface area contributed by atoms with Gasteiger partial charge in [-0.1, -0.05) is 24.3 Å². The first kappa shape index (κ1) is 22.0. The lowest BCUT2D eigenvalue weighted by molar-refractivity contribution is -0.133. The fourth-order valence-electron chi connectivity index (χ4n) is 4.07. The summed E-state index contributed by atoms with van der Waals surface area (Å²) >= 11 is 0. The van der Waals surface area contributed by atoms with Crippen LogP contribution in [0.25, 0.3) is 0 Å². The first-order chi connectivity index (χ1) is 15.4. The fourth-order valence-corrected chi connectivity index (χ4v) is 4.07. The Morgan fingerprint density at radius 3 is 2.50 bits per heavy atom. The molecule has 0 saturated carbocycles. The van der Waals surface area contributed by atoms with Crippen molar-refractivity contribution in [3.05, 3.63) is 70.8 Å². The molecule has 2 unspecified atom stereocenters. The lowest BCUT2D eigenvalue weighted by Gasteiger charge is -2.32. The van der Waals surface area contributed by atoms with Crippen molar-refractivity contribution >= 4 is 17.7 Å². The number of fused-ring (bicyclic) bond motifs is 1. The SMILES string of the molecule is CN1CCN(C(=O)c2ccc(C(=O)NCC(O)C3Cc4ccccc4CN3)cc2)CC1=O. The maximum atomic E-state index is 12.6. The van der Waals surface area contributed by atoms with Crippen LogP contribution in [0, 0.1) is 0 Å². The van der Waals surface area contributed by atoms with Gasteiger partial charge in [-0.05, 0) is 41.8 Å². The third kappa shape index (κ3) is 4.81. The number of nitrogens with zero attached hydrogens (tertiary/aromatic N) is 2. The molecule has 0 bridgehead atoms. The summed E-state index contributed by atoms with van der Waals surface area (Å²) in [5.41, 5.74) is 3.29. The van der Waals surface area contributed by atoms with Crippen LogP contribution in [0.2, 0.25) is 0 Å². The molecular weight excluding hydrogens is 408 g/mol. The zero-order chi connectivity index (χ0) is 22.7. The molecule has 2 aliphatic rings. The van der Waals surface area contributed by atoms with Gasteiger partial charge in [0.1, 0.15) is 6.54 Å². The molecule has 0 spiro atoms. The van der Waals surface area contributed by atoms with Crippen molar-refractivity contribution in [1.82, 2.24) is 20.4 Å². The average molecular weight is 437 g/mol. The number of hydrogen-bond acceptors (Lipinski definition) is 5. The highest BCUT2D eigenvalue weighted by Gasteiger charge is 2.26. The summed E-state index contributed by atoms with van der Waals surface area (Å²) in [6, 6.07) is 14.4. The van der Waals surface area contributed by atoms with Gasteiger partial charge in [0.05, 0.1) is 6.10 Å². The monoisotopic (exact) mass is 436 g/mol. The Bertz CT molecular complexity index is 1010. The number of piperazine rings is 1.